The molecule has 3 heterocycles. The molecule has 2 aromatic heterocycles. The van der Waals surface area contributed by atoms with Gasteiger partial charge in [-0.05, 0) is 75.3 Å². The van der Waals surface area contributed by atoms with Gasteiger partial charge in [0.05, 0.1) is 11.4 Å². The minimum atomic E-state index is 0.634. The molecule has 0 saturated heterocycles. The molecule has 0 saturated carbocycles. The third-order valence-corrected chi connectivity index (χ3v) is 12.6. The highest BCUT2D eigenvalue weighted by Gasteiger charge is 2.30. The lowest BCUT2D eigenvalue weighted by Crippen LogP contribution is -2.16. The van der Waals surface area contributed by atoms with Crippen molar-refractivity contribution in [2.45, 2.75) is 0 Å². The van der Waals surface area contributed by atoms with Crippen LogP contribution < -0.4 is 4.90 Å². The Bertz CT molecular complexity index is 3410. The van der Waals surface area contributed by atoms with Crippen molar-refractivity contribution in [3.63, 3.8) is 0 Å². The fourth-order valence-corrected chi connectivity index (χ4v) is 10.0. The molecule has 270 valence electrons. The highest BCUT2D eigenvalue weighted by atomic mass is 32.1. The largest absolute Gasteiger partial charge is 0.309 e. The summed E-state index contributed by atoms with van der Waals surface area (Å²) >= 11 is 1.80. The van der Waals surface area contributed by atoms with Crippen LogP contribution in [-0.4, -0.2) is 15.0 Å². The van der Waals surface area contributed by atoms with Gasteiger partial charge in [0.2, 0.25) is 0 Å². The normalized spacial score (nSPS) is 12.1. The van der Waals surface area contributed by atoms with Gasteiger partial charge in [0.1, 0.15) is 0 Å². The van der Waals surface area contributed by atoms with Crippen LogP contribution in [0.2, 0.25) is 0 Å². The lowest BCUT2D eigenvalue weighted by molar-refractivity contribution is 1.08. The lowest BCUT2D eigenvalue weighted by Gasteiger charge is -2.35. The van der Waals surface area contributed by atoms with Gasteiger partial charge >= 0.3 is 0 Å². The number of rotatable bonds is 5. The highest BCUT2D eigenvalue weighted by Crippen LogP contribution is 2.55. The van der Waals surface area contributed by atoms with Crippen molar-refractivity contribution in [3.8, 4) is 56.4 Å². The Kier molecular flexibility index (Phi) is 7.37. The predicted octanol–water partition coefficient (Wildman–Crippen LogP) is 14.7. The van der Waals surface area contributed by atoms with Gasteiger partial charge in [0, 0.05) is 53.5 Å². The molecule has 5 heteroatoms. The summed E-state index contributed by atoms with van der Waals surface area (Å²) in [7, 11) is 0. The second kappa shape index (κ2) is 13.1. The van der Waals surface area contributed by atoms with Crippen molar-refractivity contribution in [1.29, 1.82) is 0 Å². The molecule has 12 rings (SSSR count). The highest BCUT2D eigenvalue weighted by molar-refractivity contribution is 7.25. The third-order valence-electron chi connectivity index (χ3n) is 11.4. The maximum Gasteiger partial charge on any atom is 0.164 e. The second-order valence-corrected chi connectivity index (χ2v) is 15.8. The molecule has 0 amide bonds. The summed E-state index contributed by atoms with van der Waals surface area (Å²) in [5, 5.41) is 7.10. The summed E-state index contributed by atoms with van der Waals surface area (Å²) in [6.07, 6.45) is 0. The number of anilines is 3. The molecule has 0 atom stereocenters. The summed E-state index contributed by atoms with van der Waals surface area (Å²) in [4.78, 5) is 18.5. The summed E-state index contributed by atoms with van der Waals surface area (Å²) in [5.41, 5.74) is 10.8. The molecular formula is C53H32N4S. The molecule has 11 aromatic rings. The Hall–Kier alpha value is -7.47. The van der Waals surface area contributed by atoms with E-state index in [0.717, 1.165) is 50.3 Å². The molecule has 0 radical (unpaired) electrons. The van der Waals surface area contributed by atoms with Gasteiger partial charge < -0.3 is 4.90 Å². The van der Waals surface area contributed by atoms with Crippen LogP contribution in [0.5, 0.6) is 0 Å². The summed E-state index contributed by atoms with van der Waals surface area (Å²) in [6, 6.07) is 69.2. The first-order valence-electron chi connectivity index (χ1n) is 19.5. The van der Waals surface area contributed by atoms with Gasteiger partial charge in [0.25, 0.3) is 0 Å². The number of para-hydroxylation sites is 1. The van der Waals surface area contributed by atoms with Crippen molar-refractivity contribution in [2.24, 2.45) is 0 Å². The average molecular weight is 757 g/mol. The molecule has 0 bridgehead atoms. The van der Waals surface area contributed by atoms with Crippen molar-refractivity contribution in [2.75, 3.05) is 4.90 Å². The Morgan fingerprint density at radius 2 is 1.02 bits per heavy atom. The SMILES string of the molecule is c1ccc(-c2ccc3c4c(cccc24)-c2c(-c4nc(-c5ccc6ccccc6c5)nc(-c5cccc6sc7ccccc7c56)n4)cccc2N3c2ccccc2)cc1. The van der Waals surface area contributed by atoms with Crippen LogP contribution in [0.15, 0.2) is 194 Å². The van der Waals surface area contributed by atoms with Gasteiger partial charge in [-0.2, -0.15) is 0 Å². The van der Waals surface area contributed by atoms with E-state index in [4.69, 9.17) is 15.0 Å². The smallest absolute Gasteiger partial charge is 0.164 e. The summed E-state index contributed by atoms with van der Waals surface area (Å²) in [5.74, 6) is 1.93. The molecule has 0 unspecified atom stereocenters. The van der Waals surface area contributed by atoms with Crippen LogP contribution >= 0.6 is 11.3 Å². The molecule has 58 heavy (non-hydrogen) atoms. The summed E-state index contributed by atoms with van der Waals surface area (Å²) in [6.45, 7) is 0. The van der Waals surface area contributed by atoms with Gasteiger partial charge in [0.15, 0.2) is 17.5 Å². The van der Waals surface area contributed by atoms with Crippen molar-refractivity contribution in [1.82, 2.24) is 15.0 Å². The maximum absolute atomic E-state index is 5.45. The number of aromatic nitrogens is 3. The van der Waals surface area contributed by atoms with Crippen LogP contribution in [0.4, 0.5) is 17.1 Å². The first kappa shape index (κ1) is 32.7. The maximum atomic E-state index is 5.45. The topological polar surface area (TPSA) is 41.9 Å². The zero-order valence-corrected chi connectivity index (χ0v) is 32.0. The molecule has 0 fully saturated rings. The number of hydrogen-bond acceptors (Lipinski definition) is 5. The van der Waals surface area contributed by atoms with Gasteiger partial charge in [-0.15, -0.1) is 11.3 Å². The number of fused-ring (bicyclic) bond motifs is 6. The zero-order chi connectivity index (χ0) is 38.2. The molecular weight excluding hydrogens is 725 g/mol. The van der Waals surface area contributed by atoms with E-state index in [2.05, 4.69) is 199 Å². The monoisotopic (exact) mass is 756 g/mol. The Balaban J connectivity index is 1.16. The molecule has 1 aliphatic heterocycles. The second-order valence-electron chi connectivity index (χ2n) is 14.7. The number of thiophene rings is 1. The molecule has 4 nitrogen and oxygen atoms in total. The van der Waals surface area contributed by atoms with Crippen LogP contribution in [0, 0.1) is 0 Å². The van der Waals surface area contributed by atoms with E-state index in [0.29, 0.717) is 17.5 Å². The number of benzene rings is 9. The van der Waals surface area contributed by atoms with E-state index in [1.54, 1.807) is 11.3 Å². The molecule has 0 spiro atoms. The van der Waals surface area contributed by atoms with Crippen molar-refractivity contribution >= 4 is 70.1 Å². The van der Waals surface area contributed by atoms with E-state index >= 15 is 0 Å². The van der Waals surface area contributed by atoms with E-state index < -0.39 is 0 Å². The Labute approximate surface area is 339 Å². The molecule has 9 aromatic carbocycles. The first-order chi connectivity index (χ1) is 28.8. The van der Waals surface area contributed by atoms with Crippen LogP contribution in [0.3, 0.4) is 0 Å². The van der Waals surface area contributed by atoms with Gasteiger partial charge in [-0.25, -0.2) is 15.0 Å². The minimum absolute atomic E-state index is 0.634. The quantitative estimate of drug-likeness (QED) is 0.175. The van der Waals surface area contributed by atoms with Crippen LogP contribution in [0.25, 0.3) is 98.1 Å². The van der Waals surface area contributed by atoms with Crippen molar-refractivity contribution in [3.05, 3.63) is 194 Å². The standard InChI is InChI=1S/C53H32N4S/c1-3-15-34(16-4-1)38-30-31-45-48-39(38)21-11-22-41(48)49-42(23-12-25-44(49)57(45)37-18-5-2-6-19-37)52-54-51(36-29-28-33-14-7-8-17-35(33)32-36)55-53(56-52)43-24-13-27-47-50(43)40-20-9-10-26-46(40)58-47/h1-32H. The minimum Gasteiger partial charge on any atom is -0.309 e. The van der Waals surface area contributed by atoms with E-state index in [9.17, 15) is 0 Å². The van der Waals surface area contributed by atoms with Gasteiger partial charge in [-0.3, -0.25) is 0 Å². The van der Waals surface area contributed by atoms with E-state index in [1.807, 2.05) is 0 Å². The Morgan fingerprint density at radius 3 is 1.90 bits per heavy atom. The first-order valence-corrected chi connectivity index (χ1v) is 20.3. The summed E-state index contributed by atoms with van der Waals surface area (Å²) < 4.78 is 2.45. The molecule has 0 N–H and O–H groups in total. The van der Waals surface area contributed by atoms with Crippen molar-refractivity contribution < 1.29 is 0 Å². The van der Waals surface area contributed by atoms with E-state index in [1.165, 1.54) is 47.5 Å². The fourth-order valence-electron chi connectivity index (χ4n) is 8.87. The zero-order valence-electron chi connectivity index (χ0n) is 31.2. The third kappa shape index (κ3) is 5.11. The fraction of sp³-hybridized carbons (Fsp3) is 0. The Morgan fingerprint density at radius 1 is 0.362 bits per heavy atom. The molecule has 1 aliphatic rings. The van der Waals surface area contributed by atoms with Crippen LogP contribution in [0.1, 0.15) is 0 Å². The van der Waals surface area contributed by atoms with E-state index in [-0.39, 0.29) is 0 Å². The average Bonchev–Trinajstić information content (AvgIpc) is 3.68. The number of nitrogens with zero attached hydrogens (tertiary/aromatic N) is 4. The number of hydrogen-bond donors (Lipinski definition) is 0. The predicted molar refractivity (Wildman–Crippen MR) is 243 cm³/mol. The molecule has 0 aliphatic carbocycles. The van der Waals surface area contributed by atoms with Gasteiger partial charge in [-0.1, -0.05) is 152 Å². The lowest BCUT2D eigenvalue weighted by atomic mass is 9.85. The van der Waals surface area contributed by atoms with Crippen LogP contribution in [-0.2, 0) is 0 Å².